The van der Waals surface area contributed by atoms with Crippen LogP contribution in [0.5, 0.6) is 0 Å². The van der Waals surface area contributed by atoms with Crippen molar-refractivity contribution < 1.29 is 4.21 Å². The Morgan fingerprint density at radius 2 is 2.05 bits per heavy atom. The minimum Gasteiger partial charge on any atom is -0.261 e. The third-order valence-electron chi connectivity index (χ3n) is 3.79. The molecule has 1 unspecified atom stereocenters. The van der Waals surface area contributed by atoms with Crippen LogP contribution in [-0.2, 0) is 10.8 Å². The monoisotopic (exact) mass is 279 g/mol. The standard InChI is InChI=1S/C16H25NOS/c1-12(9-10-19(18)16(2,3)4)14-7-8-15(17-11-14)13-5-6-13/h7-8,11-13H,5-6,9-10H2,1-4H3/t12-,19?/m1/s1. The predicted molar refractivity (Wildman–Crippen MR) is 82.0 cm³/mol. The molecule has 1 aromatic rings. The van der Waals surface area contributed by atoms with Gasteiger partial charge in [0.1, 0.15) is 0 Å². The van der Waals surface area contributed by atoms with Gasteiger partial charge in [-0.15, -0.1) is 0 Å². The van der Waals surface area contributed by atoms with Gasteiger partial charge in [-0.25, -0.2) is 0 Å². The first-order valence-electron chi connectivity index (χ1n) is 7.22. The van der Waals surface area contributed by atoms with Crippen LogP contribution in [0.1, 0.15) is 70.1 Å². The van der Waals surface area contributed by atoms with E-state index in [1.807, 2.05) is 27.0 Å². The van der Waals surface area contributed by atoms with E-state index in [4.69, 9.17) is 0 Å². The van der Waals surface area contributed by atoms with Crippen molar-refractivity contribution in [2.24, 2.45) is 0 Å². The second-order valence-electron chi connectivity index (χ2n) is 6.64. The average molecular weight is 279 g/mol. The molecule has 0 saturated heterocycles. The van der Waals surface area contributed by atoms with Gasteiger partial charge in [0.2, 0.25) is 0 Å². The van der Waals surface area contributed by atoms with Gasteiger partial charge in [0.05, 0.1) is 0 Å². The summed E-state index contributed by atoms with van der Waals surface area (Å²) in [5.74, 6) is 1.93. The van der Waals surface area contributed by atoms with E-state index in [2.05, 4.69) is 24.0 Å². The maximum Gasteiger partial charge on any atom is 0.0434 e. The van der Waals surface area contributed by atoms with E-state index in [-0.39, 0.29) is 4.75 Å². The SMILES string of the molecule is C[C@H](CCS(=O)C(C)(C)C)c1ccc(C2CC2)nc1. The smallest absolute Gasteiger partial charge is 0.0434 e. The highest BCUT2D eigenvalue weighted by Gasteiger charge is 2.25. The molecule has 0 aromatic carbocycles. The first kappa shape index (κ1) is 14.7. The molecule has 1 saturated carbocycles. The molecule has 1 aliphatic rings. The number of nitrogens with zero attached hydrogens (tertiary/aromatic N) is 1. The predicted octanol–water partition coefficient (Wildman–Crippen LogP) is 4.00. The second kappa shape index (κ2) is 5.74. The fraction of sp³-hybridized carbons (Fsp3) is 0.688. The molecule has 0 spiro atoms. The number of pyridine rings is 1. The van der Waals surface area contributed by atoms with Crippen LogP contribution in [0.25, 0.3) is 0 Å². The Hall–Kier alpha value is -0.700. The highest BCUT2D eigenvalue weighted by molar-refractivity contribution is 7.86. The quantitative estimate of drug-likeness (QED) is 0.815. The van der Waals surface area contributed by atoms with Gasteiger partial charge in [-0.1, -0.05) is 13.0 Å². The lowest BCUT2D eigenvalue weighted by Crippen LogP contribution is -2.24. The van der Waals surface area contributed by atoms with E-state index >= 15 is 0 Å². The van der Waals surface area contributed by atoms with Crippen LogP contribution in [0.4, 0.5) is 0 Å². The normalized spacial score (nSPS) is 19.2. The third kappa shape index (κ3) is 4.13. The van der Waals surface area contributed by atoms with Crippen molar-refractivity contribution in [3.05, 3.63) is 29.6 Å². The number of aromatic nitrogens is 1. The van der Waals surface area contributed by atoms with E-state index in [9.17, 15) is 4.21 Å². The van der Waals surface area contributed by atoms with Crippen LogP contribution < -0.4 is 0 Å². The molecule has 1 aliphatic carbocycles. The van der Waals surface area contributed by atoms with Crippen molar-refractivity contribution in [2.45, 2.75) is 63.5 Å². The molecule has 0 bridgehead atoms. The van der Waals surface area contributed by atoms with Gasteiger partial charge < -0.3 is 0 Å². The summed E-state index contributed by atoms with van der Waals surface area (Å²) < 4.78 is 11.9. The Kier molecular flexibility index (Phi) is 4.44. The van der Waals surface area contributed by atoms with Gasteiger partial charge in [-0.3, -0.25) is 9.19 Å². The Bertz CT molecular complexity index is 443. The van der Waals surface area contributed by atoms with E-state index in [0.717, 1.165) is 18.1 Å². The highest BCUT2D eigenvalue weighted by Crippen LogP contribution is 2.39. The molecular weight excluding hydrogens is 254 g/mol. The van der Waals surface area contributed by atoms with Crippen LogP contribution in [0.3, 0.4) is 0 Å². The van der Waals surface area contributed by atoms with Crippen molar-refractivity contribution in [3.8, 4) is 0 Å². The summed E-state index contributed by atoms with van der Waals surface area (Å²) in [7, 11) is -0.754. The maximum atomic E-state index is 12.0. The van der Waals surface area contributed by atoms with Crippen molar-refractivity contribution >= 4 is 10.8 Å². The van der Waals surface area contributed by atoms with Crippen molar-refractivity contribution in [1.82, 2.24) is 4.98 Å². The zero-order valence-corrected chi connectivity index (χ0v) is 13.3. The zero-order chi connectivity index (χ0) is 14.0. The van der Waals surface area contributed by atoms with Crippen LogP contribution in [0, 0.1) is 0 Å². The Labute approximate surface area is 119 Å². The molecule has 2 atom stereocenters. The maximum absolute atomic E-state index is 12.0. The van der Waals surface area contributed by atoms with E-state index in [1.165, 1.54) is 24.1 Å². The molecule has 0 amide bonds. The lowest BCUT2D eigenvalue weighted by Gasteiger charge is -2.19. The molecule has 3 heteroatoms. The Balaban J connectivity index is 1.88. The molecule has 0 N–H and O–H groups in total. The summed E-state index contributed by atoms with van der Waals surface area (Å²) in [6.45, 7) is 8.33. The fourth-order valence-electron chi connectivity index (χ4n) is 2.09. The summed E-state index contributed by atoms with van der Waals surface area (Å²) in [5.41, 5.74) is 2.52. The molecule has 2 nitrogen and oxygen atoms in total. The van der Waals surface area contributed by atoms with Crippen LogP contribution in [0.15, 0.2) is 18.3 Å². The number of hydrogen-bond acceptors (Lipinski definition) is 2. The van der Waals surface area contributed by atoms with Gasteiger partial charge in [0.15, 0.2) is 0 Å². The second-order valence-corrected chi connectivity index (χ2v) is 8.97. The summed E-state index contributed by atoms with van der Waals surface area (Å²) in [6.07, 6.45) is 5.57. The number of rotatable bonds is 5. The fourth-order valence-corrected chi connectivity index (χ4v) is 3.27. The summed E-state index contributed by atoms with van der Waals surface area (Å²) >= 11 is 0. The average Bonchev–Trinajstić information content (AvgIpc) is 3.18. The summed E-state index contributed by atoms with van der Waals surface area (Å²) in [6, 6.07) is 4.37. The first-order chi connectivity index (χ1) is 8.88. The van der Waals surface area contributed by atoms with Gasteiger partial charge in [-0.2, -0.15) is 0 Å². The molecule has 1 fully saturated rings. The van der Waals surface area contributed by atoms with Crippen LogP contribution in [-0.4, -0.2) is 19.7 Å². The largest absolute Gasteiger partial charge is 0.261 e. The lowest BCUT2D eigenvalue weighted by molar-refractivity contribution is 0.638. The molecule has 0 radical (unpaired) electrons. The van der Waals surface area contributed by atoms with Crippen molar-refractivity contribution in [3.63, 3.8) is 0 Å². The molecule has 19 heavy (non-hydrogen) atoms. The highest BCUT2D eigenvalue weighted by atomic mass is 32.2. The third-order valence-corrected chi connectivity index (χ3v) is 5.77. The summed E-state index contributed by atoms with van der Waals surface area (Å²) in [5, 5.41) is 0. The first-order valence-corrected chi connectivity index (χ1v) is 8.54. The van der Waals surface area contributed by atoms with Crippen molar-refractivity contribution in [2.75, 3.05) is 5.75 Å². The van der Waals surface area contributed by atoms with Crippen LogP contribution >= 0.6 is 0 Å². The molecule has 106 valence electrons. The lowest BCUT2D eigenvalue weighted by atomic mass is 10.00. The van der Waals surface area contributed by atoms with Gasteiger partial charge in [0, 0.05) is 39.1 Å². The van der Waals surface area contributed by atoms with Gasteiger partial charge >= 0.3 is 0 Å². The van der Waals surface area contributed by atoms with Gasteiger partial charge in [0.25, 0.3) is 0 Å². The molecule has 1 aromatic heterocycles. The Morgan fingerprint density at radius 1 is 1.37 bits per heavy atom. The van der Waals surface area contributed by atoms with Crippen molar-refractivity contribution in [1.29, 1.82) is 0 Å². The van der Waals surface area contributed by atoms with E-state index < -0.39 is 10.8 Å². The topological polar surface area (TPSA) is 30.0 Å². The van der Waals surface area contributed by atoms with E-state index in [1.54, 1.807) is 0 Å². The molecule has 1 heterocycles. The zero-order valence-electron chi connectivity index (χ0n) is 12.5. The van der Waals surface area contributed by atoms with Crippen LogP contribution in [0.2, 0.25) is 0 Å². The minimum atomic E-state index is -0.754. The number of hydrogen-bond donors (Lipinski definition) is 0. The van der Waals surface area contributed by atoms with Gasteiger partial charge in [-0.05, 0) is 57.6 Å². The molecular formula is C16H25NOS. The molecule has 0 aliphatic heterocycles. The Morgan fingerprint density at radius 3 is 2.53 bits per heavy atom. The minimum absolute atomic E-state index is 0.103. The molecule has 2 rings (SSSR count). The summed E-state index contributed by atoms with van der Waals surface area (Å²) in [4.78, 5) is 4.56. The van der Waals surface area contributed by atoms with E-state index in [0.29, 0.717) is 5.92 Å².